The summed E-state index contributed by atoms with van der Waals surface area (Å²) in [7, 11) is 0. The van der Waals surface area contributed by atoms with E-state index in [2.05, 4.69) is 0 Å². The van der Waals surface area contributed by atoms with Gasteiger partial charge in [0, 0.05) is 16.6 Å². The van der Waals surface area contributed by atoms with E-state index in [9.17, 15) is 0 Å². The first-order chi connectivity index (χ1) is 7.66. The lowest BCUT2D eigenvalue weighted by Crippen LogP contribution is -2.20. The molecule has 16 heavy (non-hydrogen) atoms. The van der Waals surface area contributed by atoms with Gasteiger partial charge in [0.2, 0.25) is 0 Å². The topological polar surface area (TPSA) is 35.2 Å². The molecule has 1 aromatic rings. The Morgan fingerprint density at radius 3 is 2.81 bits per heavy atom. The van der Waals surface area contributed by atoms with Gasteiger partial charge in [-0.05, 0) is 43.9 Å². The van der Waals surface area contributed by atoms with Crippen molar-refractivity contribution in [1.29, 1.82) is 0 Å². The largest absolute Gasteiger partial charge is 0.493 e. The monoisotopic (exact) mass is 239 g/mol. The minimum atomic E-state index is -0.0462. The van der Waals surface area contributed by atoms with Crippen LogP contribution in [0.5, 0.6) is 5.75 Å². The van der Waals surface area contributed by atoms with Crippen LogP contribution in [0.1, 0.15) is 37.8 Å². The minimum absolute atomic E-state index is 0.0462. The van der Waals surface area contributed by atoms with Crippen LogP contribution >= 0.6 is 11.6 Å². The fraction of sp³-hybridized carbons (Fsp3) is 0.538. The molecule has 1 aliphatic rings. The van der Waals surface area contributed by atoms with Crippen molar-refractivity contribution in [3.63, 3.8) is 0 Å². The third-order valence-electron chi connectivity index (χ3n) is 3.16. The highest BCUT2D eigenvalue weighted by Gasteiger charge is 2.19. The van der Waals surface area contributed by atoms with E-state index < -0.39 is 0 Å². The number of ether oxygens (including phenoxy) is 1. The lowest BCUT2D eigenvalue weighted by atomic mass is 9.86. The molecule has 0 spiro atoms. The molecule has 0 aromatic heterocycles. The fourth-order valence-electron chi connectivity index (χ4n) is 1.87. The van der Waals surface area contributed by atoms with Crippen LogP contribution in [0, 0.1) is 5.92 Å². The molecule has 0 heterocycles. The zero-order chi connectivity index (χ0) is 11.5. The van der Waals surface area contributed by atoms with Crippen molar-refractivity contribution >= 4 is 11.6 Å². The molecular weight excluding hydrogens is 222 g/mol. The van der Waals surface area contributed by atoms with Gasteiger partial charge in [0.25, 0.3) is 0 Å². The summed E-state index contributed by atoms with van der Waals surface area (Å²) < 4.78 is 5.82. The van der Waals surface area contributed by atoms with Crippen LogP contribution in [0.25, 0.3) is 0 Å². The summed E-state index contributed by atoms with van der Waals surface area (Å²) >= 11 is 5.95. The molecule has 88 valence electrons. The Hall–Kier alpha value is -0.730. The van der Waals surface area contributed by atoms with Crippen LogP contribution in [0.4, 0.5) is 0 Å². The smallest absolute Gasteiger partial charge is 0.124 e. The highest BCUT2D eigenvalue weighted by molar-refractivity contribution is 6.30. The zero-order valence-electron chi connectivity index (χ0n) is 9.58. The van der Waals surface area contributed by atoms with Gasteiger partial charge < -0.3 is 10.5 Å². The summed E-state index contributed by atoms with van der Waals surface area (Å²) in [6.45, 7) is 2.75. The quantitative estimate of drug-likeness (QED) is 0.872. The molecule has 0 saturated heterocycles. The van der Waals surface area contributed by atoms with E-state index in [-0.39, 0.29) is 6.04 Å². The van der Waals surface area contributed by atoms with Gasteiger partial charge in [-0.2, -0.15) is 0 Å². The molecule has 0 bridgehead atoms. The van der Waals surface area contributed by atoms with E-state index in [0.29, 0.717) is 5.02 Å². The first kappa shape index (κ1) is 11.7. The highest BCUT2D eigenvalue weighted by Crippen LogP contribution is 2.30. The molecule has 0 aliphatic heterocycles. The summed E-state index contributed by atoms with van der Waals surface area (Å²) in [6, 6.07) is 5.61. The number of hydrogen-bond donors (Lipinski definition) is 1. The summed E-state index contributed by atoms with van der Waals surface area (Å²) in [5.41, 5.74) is 6.89. The molecular formula is C13H18ClNO. The normalized spacial score (nSPS) is 17.9. The first-order valence-corrected chi connectivity index (χ1v) is 6.22. The number of halogens is 1. The summed E-state index contributed by atoms with van der Waals surface area (Å²) in [5, 5.41) is 0.711. The van der Waals surface area contributed by atoms with Crippen LogP contribution in [0.2, 0.25) is 5.02 Å². The Kier molecular flexibility index (Phi) is 3.72. The van der Waals surface area contributed by atoms with E-state index >= 15 is 0 Å². The van der Waals surface area contributed by atoms with Gasteiger partial charge in [-0.25, -0.2) is 0 Å². The second-order valence-corrected chi connectivity index (χ2v) is 5.02. The van der Waals surface area contributed by atoms with E-state index in [1.165, 1.54) is 19.3 Å². The van der Waals surface area contributed by atoms with Crippen molar-refractivity contribution in [1.82, 2.24) is 0 Å². The Morgan fingerprint density at radius 1 is 1.50 bits per heavy atom. The standard InChI is InChI=1S/C13H18ClNO/c1-9(15)12-7-11(14)5-6-13(12)16-8-10-3-2-4-10/h5-7,9-10H,2-4,8,15H2,1H3/t9-/m1/s1. The van der Waals surface area contributed by atoms with Crippen LogP contribution in [-0.4, -0.2) is 6.61 Å². The maximum absolute atomic E-state index is 5.95. The molecule has 1 atom stereocenters. The van der Waals surface area contributed by atoms with Crippen molar-refractivity contribution in [3.8, 4) is 5.75 Å². The second-order valence-electron chi connectivity index (χ2n) is 4.58. The van der Waals surface area contributed by atoms with Crippen molar-refractivity contribution in [3.05, 3.63) is 28.8 Å². The zero-order valence-corrected chi connectivity index (χ0v) is 10.3. The number of nitrogens with two attached hydrogens (primary N) is 1. The van der Waals surface area contributed by atoms with E-state index in [1.54, 1.807) is 0 Å². The minimum Gasteiger partial charge on any atom is -0.493 e. The van der Waals surface area contributed by atoms with E-state index in [4.69, 9.17) is 22.1 Å². The summed E-state index contributed by atoms with van der Waals surface area (Å²) in [5.74, 6) is 1.61. The van der Waals surface area contributed by atoms with Crippen LogP contribution in [0.15, 0.2) is 18.2 Å². The molecule has 0 unspecified atom stereocenters. The van der Waals surface area contributed by atoms with Crippen molar-refractivity contribution in [2.75, 3.05) is 6.61 Å². The average Bonchev–Trinajstić information content (AvgIpc) is 2.17. The predicted molar refractivity (Wildman–Crippen MR) is 66.9 cm³/mol. The van der Waals surface area contributed by atoms with Gasteiger partial charge >= 0.3 is 0 Å². The lowest BCUT2D eigenvalue weighted by Gasteiger charge is -2.26. The maximum Gasteiger partial charge on any atom is 0.124 e. The number of benzene rings is 1. The third kappa shape index (κ3) is 2.69. The molecule has 3 heteroatoms. The molecule has 1 aliphatic carbocycles. The Morgan fingerprint density at radius 2 is 2.25 bits per heavy atom. The highest BCUT2D eigenvalue weighted by atomic mass is 35.5. The van der Waals surface area contributed by atoms with Crippen molar-refractivity contribution in [2.24, 2.45) is 11.7 Å². The molecule has 0 radical (unpaired) electrons. The van der Waals surface area contributed by atoms with E-state index in [0.717, 1.165) is 23.8 Å². The van der Waals surface area contributed by atoms with Gasteiger partial charge in [0.15, 0.2) is 0 Å². The van der Waals surface area contributed by atoms with Crippen LogP contribution < -0.4 is 10.5 Å². The van der Waals surface area contributed by atoms with Crippen molar-refractivity contribution < 1.29 is 4.74 Å². The summed E-state index contributed by atoms with van der Waals surface area (Å²) in [6.07, 6.45) is 3.93. The Balaban J connectivity index is 2.05. The van der Waals surface area contributed by atoms with Gasteiger partial charge in [0.05, 0.1) is 6.61 Å². The average molecular weight is 240 g/mol. The maximum atomic E-state index is 5.95. The fourth-order valence-corrected chi connectivity index (χ4v) is 2.05. The molecule has 2 rings (SSSR count). The van der Waals surface area contributed by atoms with Gasteiger partial charge in [-0.15, -0.1) is 0 Å². The van der Waals surface area contributed by atoms with Crippen molar-refractivity contribution in [2.45, 2.75) is 32.2 Å². The Labute approximate surface area is 102 Å². The summed E-state index contributed by atoms with van der Waals surface area (Å²) in [4.78, 5) is 0. The lowest BCUT2D eigenvalue weighted by molar-refractivity contribution is 0.179. The molecule has 2 N–H and O–H groups in total. The third-order valence-corrected chi connectivity index (χ3v) is 3.40. The number of hydrogen-bond acceptors (Lipinski definition) is 2. The van der Waals surface area contributed by atoms with E-state index in [1.807, 2.05) is 25.1 Å². The molecule has 2 nitrogen and oxygen atoms in total. The molecule has 0 amide bonds. The second kappa shape index (κ2) is 5.07. The molecule has 1 aromatic carbocycles. The Bertz CT molecular complexity index is 361. The van der Waals surface area contributed by atoms with Gasteiger partial charge in [-0.3, -0.25) is 0 Å². The van der Waals surface area contributed by atoms with Gasteiger partial charge in [0.1, 0.15) is 5.75 Å². The molecule has 1 fully saturated rings. The van der Waals surface area contributed by atoms with Gasteiger partial charge in [-0.1, -0.05) is 18.0 Å². The van der Waals surface area contributed by atoms with Crippen LogP contribution in [0.3, 0.4) is 0 Å². The predicted octanol–water partition coefficient (Wildman–Crippen LogP) is 3.54. The SMILES string of the molecule is C[C@@H](N)c1cc(Cl)ccc1OCC1CCC1. The molecule has 1 saturated carbocycles. The number of rotatable bonds is 4. The first-order valence-electron chi connectivity index (χ1n) is 5.84. The van der Waals surface area contributed by atoms with Crippen LogP contribution in [-0.2, 0) is 0 Å².